The van der Waals surface area contributed by atoms with E-state index in [4.69, 9.17) is 9.47 Å². The molecule has 1 fully saturated rings. The third-order valence-corrected chi connectivity index (χ3v) is 4.97. The number of ether oxygens (including phenoxy) is 2. The molecule has 0 saturated carbocycles. The van der Waals surface area contributed by atoms with E-state index in [0.717, 1.165) is 43.0 Å². The molecule has 1 unspecified atom stereocenters. The van der Waals surface area contributed by atoms with Crippen LogP contribution >= 0.6 is 0 Å². The van der Waals surface area contributed by atoms with Crippen molar-refractivity contribution in [3.63, 3.8) is 0 Å². The van der Waals surface area contributed by atoms with Crippen molar-refractivity contribution in [3.05, 3.63) is 23.8 Å². The smallest absolute Gasteiger partial charge is 0.224 e. The molecule has 1 saturated heterocycles. The van der Waals surface area contributed by atoms with Gasteiger partial charge in [-0.1, -0.05) is 6.42 Å². The predicted octanol–water partition coefficient (Wildman–Crippen LogP) is 3.02. The van der Waals surface area contributed by atoms with E-state index in [0.29, 0.717) is 12.5 Å². The van der Waals surface area contributed by atoms with Crippen LogP contribution in [0, 0.1) is 0 Å². The second-order valence-corrected chi connectivity index (χ2v) is 6.79. The summed E-state index contributed by atoms with van der Waals surface area (Å²) in [4.78, 5) is 14.8. The maximum Gasteiger partial charge on any atom is 0.224 e. The number of benzene rings is 1. The molecule has 2 rings (SSSR count). The van der Waals surface area contributed by atoms with Gasteiger partial charge >= 0.3 is 0 Å². The SMILES string of the molecule is COc1ccc(OC)c(CC(=O)NCCCCN2CCCCC2C)c1. The molecule has 1 aliphatic heterocycles. The van der Waals surface area contributed by atoms with Gasteiger partial charge in [-0.2, -0.15) is 0 Å². The number of nitrogens with one attached hydrogen (secondary N) is 1. The molecule has 0 spiro atoms. The zero-order chi connectivity index (χ0) is 18.1. The van der Waals surface area contributed by atoms with Crippen molar-refractivity contribution in [2.75, 3.05) is 33.9 Å². The van der Waals surface area contributed by atoms with Crippen molar-refractivity contribution in [2.24, 2.45) is 0 Å². The first-order valence-corrected chi connectivity index (χ1v) is 9.35. The second kappa shape index (κ2) is 10.3. The number of rotatable bonds is 9. The van der Waals surface area contributed by atoms with Gasteiger partial charge in [0.25, 0.3) is 0 Å². The van der Waals surface area contributed by atoms with Gasteiger partial charge in [-0.25, -0.2) is 0 Å². The highest BCUT2D eigenvalue weighted by atomic mass is 16.5. The molecule has 140 valence electrons. The minimum Gasteiger partial charge on any atom is -0.497 e. The standard InChI is InChI=1S/C20H32N2O3/c1-16-8-4-6-12-22(16)13-7-5-11-21-20(23)15-17-14-18(24-2)9-10-19(17)25-3/h9-10,14,16H,4-8,11-13,15H2,1-3H3,(H,21,23). The Morgan fingerprint density at radius 3 is 2.80 bits per heavy atom. The summed E-state index contributed by atoms with van der Waals surface area (Å²) in [5, 5.41) is 3.02. The first-order chi connectivity index (χ1) is 12.1. The average molecular weight is 348 g/mol. The van der Waals surface area contributed by atoms with E-state index in [2.05, 4.69) is 17.1 Å². The van der Waals surface area contributed by atoms with E-state index in [1.807, 2.05) is 18.2 Å². The van der Waals surface area contributed by atoms with E-state index in [1.165, 1.54) is 25.8 Å². The first-order valence-electron chi connectivity index (χ1n) is 9.35. The van der Waals surface area contributed by atoms with Crippen LogP contribution in [-0.4, -0.2) is 50.7 Å². The molecule has 0 aromatic heterocycles. The fraction of sp³-hybridized carbons (Fsp3) is 0.650. The lowest BCUT2D eigenvalue weighted by atomic mass is 10.0. The highest BCUT2D eigenvalue weighted by Crippen LogP contribution is 2.24. The number of nitrogens with zero attached hydrogens (tertiary/aromatic N) is 1. The molecule has 25 heavy (non-hydrogen) atoms. The molecule has 1 atom stereocenters. The molecule has 1 aromatic rings. The van der Waals surface area contributed by atoms with E-state index in [1.54, 1.807) is 14.2 Å². The number of unbranched alkanes of at least 4 members (excludes halogenated alkanes) is 1. The Balaban J connectivity index is 1.68. The molecule has 0 aliphatic carbocycles. The molecule has 5 heteroatoms. The molecule has 1 aliphatic rings. The quantitative estimate of drug-likeness (QED) is 0.697. The number of hydrogen-bond acceptors (Lipinski definition) is 4. The highest BCUT2D eigenvalue weighted by molar-refractivity contribution is 5.79. The summed E-state index contributed by atoms with van der Waals surface area (Å²) in [6.07, 6.45) is 6.46. The van der Waals surface area contributed by atoms with Gasteiger partial charge in [-0.05, 0) is 63.9 Å². The Morgan fingerprint density at radius 2 is 2.08 bits per heavy atom. The second-order valence-electron chi connectivity index (χ2n) is 6.79. The van der Waals surface area contributed by atoms with Gasteiger partial charge in [0, 0.05) is 18.2 Å². The summed E-state index contributed by atoms with van der Waals surface area (Å²) in [7, 11) is 3.24. The van der Waals surface area contributed by atoms with Crippen molar-refractivity contribution < 1.29 is 14.3 Å². The number of carbonyl (C=O) groups excluding carboxylic acids is 1. The van der Waals surface area contributed by atoms with Gasteiger partial charge in [0.2, 0.25) is 5.91 Å². The molecule has 5 nitrogen and oxygen atoms in total. The minimum absolute atomic E-state index is 0.0258. The number of carbonyl (C=O) groups is 1. The molecule has 0 radical (unpaired) electrons. The zero-order valence-corrected chi connectivity index (χ0v) is 15.8. The van der Waals surface area contributed by atoms with Crippen molar-refractivity contribution >= 4 is 5.91 Å². The van der Waals surface area contributed by atoms with Crippen LogP contribution in [0.25, 0.3) is 0 Å². The molecular formula is C20H32N2O3. The van der Waals surface area contributed by atoms with Gasteiger partial charge in [0.15, 0.2) is 0 Å². The number of hydrogen-bond donors (Lipinski definition) is 1. The van der Waals surface area contributed by atoms with E-state index in [9.17, 15) is 4.79 Å². The highest BCUT2D eigenvalue weighted by Gasteiger charge is 2.17. The number of methoxy groups -OCH3 is 2. The summed E-state index contributed by atoms with van der Waals surface area (Å²) in [5.74, 6) is 1.48. The lowest BCUT2D eigenvalue weighted by Gasteiger charge is -2.33. The Morgan fingerprint density at radius 1 is 1.24 bits per heavy atom. The van der Waals surface area contributed by atoms with Gasteiger partial charge in [0.1, 0.15) is 11.5 Å². The third-order valence-electron chi connectivity index (χ3n) is 4.97. The Hall–Kier alpha value is -1.75. The number of amides is 1. The molecule has 1 N–H and O–H groups in total. The monoisotopic (exact) mass is 348 g/mol. The van der Waals surface area contributed by atoms with Gasteiger partial charge in [-0.3, -0.25) is 4.79 Å². The normalized spacial score (nSPS) is 18.0. The first kappa shape index (κ1) is 19.6. The van der Waals surface area contributed by atoms with Crippen molar-refractivity contribution in [2.45, 2.75) is 51.5 Å². The number of likely N-dealkylation sites (tertiary alicyclic amines) is 1. The van der Waals surface area contributed by atoms with Crippen LogP contribution in [0.4, 0.5) is 0 Å². The Bertz CT molecular complexity index is 548. The van der Waals surface area contributed by atoms with Gasteiger partial charge in [-0.15, -0.1) is 0 Å². The summed E-state index contributed by atoms with van der Waals surface area (Å²) < 4.78 is 10.5. The maximum absolute atomic E-state index is 12.2. The van der Waals surface area contributed by atoms with Crippen molar-refractivity contribution in [3.8, 4) is 11.5 Å². The van der Waals surface area contributed by atoms with Crippen LogP contribution < -0.4 is 14.8 Å². The molecular weight excluding hydrogens is 316 g/mol. The molecule has 1 aromatic carbocycles. The van der Waals surface area contributed by atoms with Crippen LogP contribution in [0.1, 0.15) is 44.6 Å². The van der Waals surface area contributed by atoms with E-state index < -0.39 is 0 Å². The fourth-order valence-electron chi connectivity index (χ4n) is 3.41. The van der Waals surface area contributed by atoms with Crippen LogP contribution in [0.5, 0.6) is 11.5 Å². The molecule has 0 bridgehead atoms. The van der Waals surface area contributed by atoms with E-state index >= 15 is 0 Å². The summed E-state index contributed by atoms with van der Waals surface area (Å²) >= 11 is 0. The van der Waals surface area contributed by atoms with Crippen molar-refractivity contribution in [1.29, 1.82) is 0 Å². The van der Waals surface area contributed by atoms with Crippen LogP contribution in [-0.2, 0) is 11.2 Å². The average Bonchev–Trinajstić information content (AvgIpc) is 2.62. The van der Waals surface area contributed by atoms with Gasteiger partial charge in [0.05, 0.1) is 20.6 Å². The summed E-state index contributed by atoms with van der Waals surface area (Å²) in [6.45, 7) is 5.42. The fourth-order valence-corrected chi connectivity index (χ4v) is 3.41. The van der Waals surface area contributed by atoms with Crippen LogP contribution in [0.15, 0.2) is 18.2 Å². The third kappa shape index (κ3) is 6.24. The Kier molecular flexibility index (Phi) is 8.06. The van der Waals surface area contributed by atoms with Crippen molar-refractivity contribution in [1.82, 2.24) is 10.2 Å². The van der Waals surface area contributed by atoms with Crippen LogP contribution in [0.2, 0.25) is 0 Å². The zero-order valence-electron chi connectivity index (χ0n) is 15.8. The Labute approximate surface area is 151 Å². The lowest BCUT2D eigenvalue weighted by molar-refractivity contribution is -0.120. The summed E-state index contributed by atoms with van der Waals surface area (Å²) in [6, 6.07) is 6.24. The van der Waals surface area contributed by atoms with E-state index in [-0.39, 0.29) is 5.91 Å². The largest absolute Gasteiger partial charge is 0.497 e. The predicted molar refractivity (Wildman–Crippen MR) is 100 cm³/mol. The van der Waals surface area contributed by atoms with Crippen LogP contribution in [0.3, 0.4) is 0 Å². The lowest BCUT2D eigenvalue weighted by Crippen LogP contribution is -2.38. The maximum atomic E-state index is 12.2. The molecule has 1 amide bonds. The summed E-state index contributed by atoms with van der Waals surface area (Å²) in [5.41, 5.74) is 0.849. The topological polar surface area (TPSA) is 50.8 Å². The number of piperidine rings is 1. The van der Waals surface area contributed by atoms with Gasteiger partial charge < -0.3 is 19.7 Å². The minimum atomic E-state index is 0.0258. The molecule has 1 heterocycles.